The van der Waals surface area contributed by atoms with E-state index in [0.717, 1.165) is 5.82 Å². The number of hydrogen-bond donors (Lipinski definition) is 4. The molecule has 14 nitrogen and oxygen atoms in total. The molecule has 5 rings (SSSR count). The smallest absolute Gasteiger partial charge is 0.242 e. The molecule has 2 aliphatic heterocycles. The Hall–Kier alpha value is -2.92. The summed E-state index contributed by atoms with van der Waals surface area (Å²) < 4.78 is 56.7. The zero-order valence-electron chi connectivity index (χ0n) is 17.3. The van der Waals surface area contributed by atoms with Crippen LogP contribution in [0.25, 0.3) is 11.4 Å². The highest BCUT2D eigenvalue weighted by Gasteiger charge is 2.34. The Balaban J connectivity index is 1.69. The van der Waals surface area contributed by atoms with Gasteiger partial charge in [-0.25, -0.2) is 36.8 Å². The number of primary sulfonamides is 1. The first-order valence-electron chi connectivity index (χ1n) is 10.2. The number of imidazole rings is 1. The maximum absolute atomic E-state index is 13.2. The zero-order valence-corrected chi connectivity index (χ0v) is 19.0. The molecule has 3 aromatic rings. The first kappa shape index (κ1) is 21.9. The van der Waals surface area contributed by atoms with Crippen LogP contribution in [0.3, 0.4) is 0 Å². The van der Waals surface area contributed by atoms with Gasteiger partial charge in [0.2, 0.25) is 20.0 Å². The van der Waals surface area contributed by atoms with Crippen molar-refractivity contribution in [3.05, 3.63) is 30.4 Å². The van der Waals surface area contributed by atoms with Crippen LogP contribution < -0.4 is 20.1 Å². The second kappa shape index (κ2) is 8.14. The number of aromatic nitrogens is 6. The monoisotopic (exact) mass is 494 g/mol. The fourth-order valence-corrected chi connectivity index (χ4v) is 7.09. The molecule has 0 radical (unpaired) electrons. The van der Waals surface area contributed by atoms with Gasteiger partial charge in [-0.3, -0.25) is 0 Å². The molecule has 4 heterocycles. The number of fused-ring (bicyclic) bond motifs is 1. The lowest BCUT2D eigenvalue weighted by Gasteiger charge is -2.31. The minimum absolute atomic E-state index is 0.00470. The standard InChI is InChI=1S/C17H22N10O4S2/c18-32(28,29)16-13(33(30,31)23-11-3-4-19-9-11)2-1-12(15(16)17-21-24-25-22-17)27-8-7-26-6-5-20-14(26)10-27/h1-2,5-6,11,19,23H,3-4,7-10H2,(H2,18,28,29)(H,21,22,24,25). The normalized spacial score (nSPS) is 19.1. The first-order chi connectivity index (χ1) is 15.7. The molecule has 2 aromatic heterocycles. The Morgan fingerprint density at radius 2 is 2.03 bits per heavy atom. The van der Waals surface area contributed by atoms with Crippen molar-refractivity contribution in [2.24, 2.45) is 5.14 Å². The van der Waals surface area contributed by atoms with E-state index in [2.05, 4.69) is 35.6 Å². The SMILES string of the molecule is NS(=O)(=O)c1c(S(=O)(=O)NC2CCNC2)ccc(N2CCn3ccnc3C2)c1-c1nnn[nH]1. The van der Waals surface area contributed by atoms with Gasteiger partial charge in [0.25, 0.3) is 0 Å². The molecule has 0 amide bonds. The van der Waals surface area contributed by atoms with Crippen LogP contribution >= 0.6 is 0 Å². The van der Waals surface area contributed by atoms with E-state index in [-0.39, 0.29) is 17.4 Å². The molecule has 16 heteroatoms. The number of rotatable bonds is 6. The van der Waals surface area contributed by atoms with Gasteiger partial charge in [0.1, 0.15) is 15.6 Å². The number of nitrogens with one attached hydrogen (secondary N) is 3. The van der Waals surface area contributed by atoms with Crippen molar-refractivity contribution < 1.29 is 16.8 Å². The number of aromatic amines is 1. The maximum Gasteiger partial charge on any atom is 0.242 e. The lowest BCUT2D eigenvalue weighted by molar-refractivity contribution is 0.553. The van der Waals surface area contributed by atoms with Crippen molar-refractivity contribution in [3.8, 4) is 11.4 Å². The topological polar surface area (TPSA) is 194 Å². The predicted octanol–water partition coefficient (Wildman–Crippen LogP) is -1.63. The molecular formula is C17H22N10O4S2. The molecule has 2 aliphatic rings. The lowest BCUT2D eigenvalue weighted by atomic mass is 10.1. The third kappa shape index (κ3) is 4.10. The van der Waals surface area contributed by atoms with Crippen molar-refractivity contribution >= 4 is 25.7 Å². The van der Waals surface area contributed by atoms with Crippen molar-refractivity contribution in [2.75, 3.05) is 24.5 Å². The largest absolute Gasteiger partial charge is 0.362 e. The average molecular weight is 495 g/mol. The summed E-state index contributed by atoms with van der Waals surface area (Å²) in [5.74, 6) is 0.773. The fraction of sp³-hybridized carbons (Fsp3) is 0.412. The highest BCUT2D eigenvalue weighted by molar-refractivity contribution is 7.92. The number of benzene rings is 1. The second-order valence-electron chi connectivity index (χ2n) is 7.85. The van der Waals surface area contributed by atoms with Gasteiger partial charge in [-0.05, 0) is 35.5 Å². The third-order valence-corrected chi connectivity index (χ3v) is 8.41. The van der Waals surface area contributed by atoms with Crippen LogP contribution in [0.4, 0.5) is 5.69 Å². The minimum Gasteiger partial charge on any atom is -0.362 e. The zero-order chi connectivity index (χ0) is 23.2. The van der Waals surface area contributed by atoms with Crippen LogP contribution in [0.15, 0.2) is 34.3 Å². The molecular weight excluding hydrogens is 472 g/mol. The average Bonchev–Trinajstić information content (AvgIpc) is 3.53. The summed E-state index contributed by atoms with van der Waals surface area (Å²) in [6.45, 7) is 2.63. The van der Waals surface area contributed by atoms with Crippen LogP contribution in [0, 0.1) is 0 Å². The summed E-state index contributed by atoms with van der Waals surface area (Å²) in [7, 11) is -8.74. The molecule has 1 saturated heterocycles. The molecule has 1 atom stereocenters. The highest BCUT2D eigenvalue weighted by Crippen LogP contribution is 2.39. The predicted molar refractivity (Wildman–Crippen MR) is 116 cm³/mol. The van der Waals surface area contributed by atoms with E-state index in [0.29, 0.717) is 44.8 Å². The van der Waals surface area contributed by atoms with Gasteiger partial charge in [0, 0.05) is 43.8 Å². The van der Waals surface area contributed by atoms with Gasteiger partial charge in [0.05, 0.1) is 12.1 Å². The number of nitrogens with two attached hydrogens (primary N) is 1. The Kier molecular flexibility index (Phi) is 5.40. The molecule has 5 N–H and O–H groups in total. The van der Waals surface area contributed by atoms with Gasteiger partial charge in [-0.2, -0.15) is 0 Å². The van der Waals surface area contributed by atoms with Crippen molar-refractivity contribution in [3.63, 3.8) is 0 Å². The third-order valence-electron chi connectivity index (χ3n) is 5.72. The van der Waals surface area contributed by atoms with Crippen LogP contribution in [0.2, 0.25) is 0 Å². The molecule has 1 unspecified atom stereocenters. The summed E-state index contributed by atoms with van der Waals surface area (Å²) in [6.07, 6.45) is 4.14. The number of sulfonamides is 2. The van der Waals surface area contributed by atoms with Crippen LogP contribution in [-0.4, -0.2) is 72.7 Å². The van der Waals surface area contributed by atoms with Gasteiger partial charge in [-0.15, -0.1) is 5.10 Å². The Morgan fingerprint density at radius 3 is 2.73 bits per heavy atom. The van der Waals surface area contributed by atoms with Crippen LogP contribution in [-0.2, 0) is 33.1 Å². The number of nitrogens with zero attached hydrogens (tertiary/aromatic N) is 6. The van der Waals surface area contributed by atoms with E-state index >= 15 is 0 Å². The summed E-state index contributed by atoms with van der Waals surface area (Å²) in [4.78, 5) is 5.20. The highest BCUT2D eigenvalue weighted by atomic mass is 32.2. The number of H-pyrrole nitrogens is 1. The van der Waals surface area contributed by atoms with Crippen molar-refractivity contribution in [2.45, 2.75) is 35.3 Å². The second-order valence-corrected chi connectivity index (χ2v) is 11.0. The quantitative estimate of drug-likeness (QED) is 0.309. The molecule has 0 saturated carbocycles. The Morgan fingerprint density at radius 1 is 1.18 bits per heavy atom. The number of hydrogen-bond acceptors (Lipinski definition) is 10. The molecule has 33 heavy (non-hydrogen) atoms. The Labute approximate surface area is 189 Å². The number of tetrazole rings is 1. The lowest BCUT2D eigenvalue weighted by Crippen LogP contribution is -2.38. The molecule has 176 valence electrons. The van der Waals surface area contributed by atoms with Crippen LogP contribution in [0.5, 0.6) is 0 Å². The molecule has 0 bridgehead atoms. The number of anilines is 1. The maximum atomic E-state index is 13.2. The summed E-state index contributed by atoms with van der Waals surface area (Å²) in [5, 5.41) is 22.2. The molecule has 0 aliphatic carbocycles. The van der Waals surface area contributed by atoms with E-state index < -0.39 is 29.8 Å². The van der Waals surface area contributed by atoms with Gasteiger partial charge in [-0.1, -0.05) is 0 Å². The van der Waals surface area contributed by atoms with E-state index in [1.54, 1.807) is 12.3 Å². The van der Waals surface area contributed by atoms with Crippen LogP contribution in [0.1, 0.15) is 12.2 Å². The van der Waals surface area contributed by atoms with E-state index in [1.165, 1.54) is 6.07 Å². The molecule has 0 spiro atoms. The van der Waals surface area contributed by atoms with E-state index in [1.807, 2.05) is 15.7 Å². The summed E-state index contributed by atoms with van der Waals surface area (Å²) in [5.41, 5.74) is 0.420. The van der Waals surface area contributed by atoms with Gasteiger partial charge in [0.15, 0.2) is 5.82 Å². The fourth-order valence-electron chi connectivity index (χ4n) is 4.22. The Bertz CT molecular complexity index is 1380. The minimum atomic E-state index is -4.52. The van der Waals surface area contributed by atoms with Gasteiger partial charge < -0.3 is 14.8 Å². The van der Waals surface area contributed by atoms with E-state index in [4.69, 9.17) is 5.14 Å². The molecule has 1 fully saturated rings. The van der Waals surface area contributed by atoms with E-state index in [9.17, 15) is 16.8 Å². The van der Waals surface area contributed by atoms with Crippen molar-refractivity contribution in [1.29, 1.82) is 0 Å². The summed E-state index contributed by atoms with van der Waals surface area (Å²) in [6, 6.07) is 2.44. The van der Waals surface area contributed by atoms with Crippen molar-refractivity contribution in [1.82, 2.24) is 40.2 Å². The molecule has 1 aromatic carbocycles. The summed E-state index contributed by atoms with van der Waals surface area (Å²) >= 11 is 0. The first-order valence-corrected chi connectivity index (χ1v) is 13.2. The van der Waals surface area contributed by atoms with Gasteiger partial charge >= 0.3 is 0 Å².